The van der Waals surface area contributed by atoms with Crippen molar-refractivity contribution >= 4 is 33.4 Å². The molecule has 1 amide bonds. The maximum atomic E-state index is 12.1. The van der Waals surface area contributed by atoms with E-state index in [1.807, 2.05) is 12.1 Å². The molecule has 0 aliphatic rings. The number of carbonyl (C=O) groups is 1. The lowest BCUT2D eigenvalue weighted by Crippen LogP contribution is -2.27. The van der Waals surface area contributed by atoms with Gasteiger partial charge in [-0.25, -0.2) is 0 Å². The van der Waals surface area contributed by atoms with Crippen LogP contribution in [-0.4, -0.2) is 24.4 Å². The van der Waals surface area contributed by atoms with E-state index in [1.165, 1.54) is 0 Å². The fourth-order valence-electron chi connectivity index (χ4n) is 1.44. The third-order valence-electron chi connectivity index (χ3n) is 2.41. The Hall–Kier alpha value is -0.800. The second-order valence-electron chi connectivity index (χ2n) is 3.78. The van der Waals surface area contributed by atoms with Crippen molar-refractivity contribution in [2.75, 3.05) is 13.6 Å². The molecule has 0 aliphatic carbocycles. The molecule has 0 atom stereocenters. The molecule has 1 rings (SSSR count). The van der Waals surface area contributed by atoms with Crippen LogP contribution in [0, 0.1) is 0 Å². The highest BCUT2D eigenvalue weighted by atomic mass is 79.9. The summed E-state index contributed by atoms with van der Waals surface area (Å²) in [5, 5.41) is 0.480. The Labute approximate surface area is 115 Å². The molecule has 0 aromatic heterocycles. The molecule has 1 aromatic rings. The highest BCUT2D eigenvalue weighted by molar-refractivity contribution is 9.10. The van der Waals surface area contributed by atoms with E-state index in [0.29, 0.717) is 17.1 Å². The van der Waals surface area contributed by atoms with Gasteiger partial charge in [0.2, 0.25) is 0 Å². The molecule has 0 N–H and O–H groups in total. The van der Waals surface area contributed by atoms with Crippen LogP contribution in [0.25, 0.3) is 0 Å². The molecular formula is C13H15BrClNO. The molecule has 0 unspecified atom stereocenters. The maximum absolute atomic E-state index is 12.1. The molecule has 0 saturated heterocycles. The smallest absolute Gasteiger partial charge is 0.255 e. The Balaban J connectivity index is 2.74. The normalized spacial score (nSPS) is 10.1. The third-order valence-corrected chi connectivity index (χ3v) is 3.23. The van der Waals surface area contributed by atoms with Gasteiger partial charge in [-0.05, 0) is 31.0 Å². The molecule has 0 bridgehead atoms. The van der Waals surface area contributed by atoms with Crippen molar-refractivity contribution in [2.24, 2.45) is 0 Å². The summed E-state index contributed by atoms with van der Waals surface area (Å²) in [6.07, 6.45) is 3.67. The molecule has 0 aliphatic heterocycles. The lowest BCUT2D eigenvalue weighted by atomic mass is 10.2. The van der Waals surface area contributed by atoms with Gasteiger partial charge in [-0.1, -0.05) is 33.6 Å². The second-order valence-corrected chi connectivity index (χ2v) is 5.10. The van der Waals surface area contributed by atoms with Crippen molar-refractivity contribution in [3.05, 3.63) is 45.9 Å². The zero-order valence-electron chi connectivity index (χ0n) is 9.75. The molecule has 17 heavy (non-hydrogen) atoms. The number of halogens is 2. The summed E-state index contributed by atoms with van der Waals surface area (Å²) in [5.41, 5.74) is 0.530. The molecule has 4 heteroatoms. The van der Waals surface area contributed by atoms with E-state index in [-0.39, 0.29) is 5.91 Å². The van der Waals surface area contributed by atoms with Crippen LogP contribution in [-0.2, 0) is 0 Å². The summed E-state index contributed by atoms with van der Waals surface area (Å²) in [6, 6.07) is 5.28. The summed E-state index contributed by atoms with van der Waals surface area (Å²) >= 11 is 9.35. The molecule has 0 radical (unpaired) electrons. The van der Waals surface area contributed by atoms with E-state index in [0.717, 1.165) is 17.3 Å². The van der Waals surface area contributed by atoms with Gasteiger partial charge < -0.3 is 4.90 Å². The monoisotopic (exact) mass is 315 g/mol. The predicted octanol–water partition coefficient (Wildman–Crippen LogP) is 4.14. The van der Waals surface area contributed by atoms with Crippen molar-refractivity contribution in [3.8, 4) is 0 Å². The fourth-order valence-corrected chi connectivity index (χ4v) is 2.00. The number of hydrogen-bond acceptors (Lipinski definition) is 1. The molecule has 0 saturated carbocycles. The van der Waals surface area contributed by atoms with Gasteiger partial charge in [-0.3, -0.25) is 4.79 Å². The Bertz CT molecular complexity index is 420. The van der Waals surface area contributed by atoms with Crippen LogP contribution in [0.3, 0.4) is 0 Å². The van der Waals surface area contributed by atoms with E-state index in [2.05, 4.69) is 22.5 Å². The first-order chi connectivity index (χ1) is 8.06. The number of hydrogen-bond donors (Lipinski definition) is 0. The number of rotatable bonds is 5. The summed E-state index contributed by atoms with van der Waals surface area (Å²) in [6.45, 7) is 4.36. The van der Waals surface area contributed by atoms with Crippen molar-refractivity contribution in [1.29, 1.82) is 0 Å². The second kappa shape index (κ2) is 6.82. The first kappa shape index (κ1) is 14.3. The minimum absolute atomic E-state index is 0.0552. The quantitative estimate of drug-likeness (QED) is 0.590. The van der Waals surface area contributed by atoms with Crippen LogP contribution in [0.2, 0.25) is 5.02 Å². The van der Waals surface area contributed by atoms with E-state index >= 15 is 0 Å². The number of benzene rings is 1. The van der Waals surface area contributed by atoms with Crippen LogP contribution in [0.1, 0.15) is 23.2 Å². The number of allylic oxidation sites excluding steroid dienone is 1. The predicted molar refractivity (Wildman–Crippen MR) is 75.5 cm³/mol. The van der Waals surface area contributed by atoms with Crippen molar-refractivity contribution in [2.45, 2.75) is 12.8 Å². The van der Waals surface area contributed by atoms with E-state index in [1.54, 1.807) is 24.1 Å². The lowest BCUT2D eigenvalue weighted by Gasteiger charge is -2.17. The molecule has 0 heterocycles. The van der Waals surface area contributed by atoms with Gasteiger partial charge in [0, 0.05) is 18.1 Å². The molecular weight excluding hydrogens is 302 g/mol. The Kier molecular flexibility index (Phi) is 5.72. The van der Waals surface area contributed by atoms with Gasteiger partial charge in [0.25, 0.3) is 5.91 Å². The van der Waals surface area contributed by atoms with Crippen LogP contribution in [0.15, 0.2) is 35.3 Å². The highest BCUT2D eigenvalue weighted by Gasteiger charge is 2.14. The van der Waals surface area contributed by atoms with Crippen molar-refractivity contribution in [3.63, 3.8) is 0 Å². The zero-order chi connectivity index (χ0) is 12.8. The summed E-state index contributed by atoms with van der Waals surface area (Å²) in [5.74, 6) is -0.0552. The van der Waals surface area contributed by atoms with Crippen LogP contribution in [0.4, 0.5) is 0 Å². The fraction of sp³-hybridized carbons (Fsp3) is 0.308. The highest BCUT2D eigenvalue weighted by Crippen LogP contribution is 2.22. The Morgan fingerprint density at radius 3 is 2.94 bits per heavy atom. The number of unbranched alkanes of at least 4 members (excludes halogenated alkanes) is 1. The number of carbonyl (C=O) groups excluding carboxylic acids is 1. The summed E-state index contributed by atoms with van der Waals surface area (Å²) in [4.78, 5) is 13.8. The Morgan fingerprint density at radius 2 is 2.29 bits per heavy atom. The largest absolute Gasteiger partial charge is 0.342 e. The van der Waals surface area contributed by atoms with Gasteiger partial charge in [-0.15, -0.1) is 6.58 Å². The van der Waals surface area contributed by atoms with Crippen molar-refractivity contribution < 1.29 is 4.79 Å². The third kappa shape index (κ3) is 4.17. The topological polar surface area (TPSA) is 20.3 Å². The molecule has 1 aromatic carbocycles. The Morgan fingerprint density at radius 1 is 1.59 bits per heavy atom. The van der Waals surface area contributed by atoms with E-state index in [4.69, 9.17) is 11.6 Å². The van der Waals surface area contributed by atoms with Gasteiger partial charge in [0.15, 0.2) is 0 Å². The van der Waals surface area contributed by atoms with Crippen LogP contribution in [0.5, 0.6) is 0 Å². The van der Waals surface area contributed by atoms with Gasteiger partial charge in [0.05, 0.1) is 10.6 Å². The maximum Gasteiger partial charge on any atom is 0.255 e. The zero-order valence-corrected chi connectivity index (χ0v) is 12.1. The number of nitrogens with zero attached hydrogens (tertiary/aromatic N) is 1. The molecule has 0 fully saturated rings. The first-order valence-electron chi connectivity index (χ1n) is 5.37. The van der Waals surface area contributed by atoms with Gasteiger partial charge in [-0.2, -0.15) is 0 Å². The standard InChI is InChI=1S/C13H15BrClNO/c1-3-4-5-8-16(2)13(17)11-9-10(14)6-7-12(11)15/h3,6-7,9H,1,4-5,8H2,2H3. The summed E-state index contributed by atoms with van der Waals surface area (Å²) < 4.78 is 0.852. The average molecular weight is 317 g/mol. The van der Waals surface area contributed by atoms with Crippen LogP contribution < -0.4 is 0 Å². The van der Waals surface area contributed by atoms with Crippen molar-refractivity contribution in [1.82, 2.24) is 4.90 Å². The minimum Gasteiger partial charge on any atom is -0.342 e. The molecule has 0 spiro atoms. The van der Waals surface area contributed by atoms with E-state index in [9.17, 15) is 4.79 Å². The average Bonchev–Trinajstić information content (AvgIpc) is 2.31. The number of amides is 1. The molecule has 92 valence electrons. The van der Waals surface area contributed by atoms with Crippen LogP contribution >= 0.6 is 27.5 Å². The van der Waals surface area contributed by atoms with Gasteiger partial charge >= 0.3 is 0 Å². The minimum atomic E-state index is -0.0552. The molecule has 2 nitrogen and oxygen atoms in total. The first-order valence-corrected chi connectivity index (χ1v) is 6.54. The SMILES string of the molecule is C=CCCCN(C)C(=O)c1cc(Br)ccc1Cl. The lowest BCUT2D eigenvalue weighted by molar-refractivity contribution is 0.0794. The summed E-state index contributed by atoms with van der Waals surface area (Å²) in [7, 11) is 1.78. The van der Waals surface area contributed by atoms with E-state index < -0.39 is 0 Å². The van der Waals surface area contributed by atoms with Gasteiger partial charge in [0.1, 0.15) is 0 Å².